The maximum Gasteiger partial charge on any atom is 0.0921 e. The van der Waals surface area contributed by atoms with Gasteiger partial charge in [-0.25, -0.2) is 4.98 Å². The molecule has 86 valence electrons. The van der Waals surface area contributed by atoms with Gasteiger partial charge in [-0.1, -0.05) is 11.1 Å². The largest absolute Gasteiger partial charge is 0.348 e. The maximum absolute atomic E-state index is 4.10. The molecule has 0 spiro atoms. The van der Waals surface area contributed by atoms with Crippen molar-refractivity contribution < 1.29 is 0 Å². The minimum absolute atomic E-state index is 0.859. The Labute approximate surface area is 97.2 Å². The van der Waals surface area contributed by atoms with Crippen LogP contribution in [0, 0.1) is 5.92 Å². The van der Waals surface area contributed by atoms with Gasteiger partial charge in [0.25, 0.3) is 0 Å². The molecule has 0 aromatic carbocycles. The lowest BCUT2D eigenvalue weighted by molar-refractivity contribution is 0.418. The Hall–Kier alpha value is -1.05. The molecule has 0 amide bonds. The molecule has 0 fully saturated rings. The molecule has 1 aromatic heterocycles. The second kappa shape index (κ2) is 4.44. The quantitative estimate of drug-likeness (QED) is 0.751. The molecule has 1 aromatic rings. The highest BCUT2D eigenvalue weighted by Crippen LogP contribution is 2.38. The van der Waals surface area contributed by atoms with Gasteiger partial charge >= 0.3 is 0 Å². The Morgan fingerprint density at radius 1 is 1.19 bits per heavy atom. The van der Waals surface area contributed by atoms with Gasteiger partial charge in [-0.3, -0.25) is 0 Å². The van der Waals surface area contributed by atoms with Crippen molar-refractivity contribution in [1.82, 2.24) is 9.97 Å². The van der Waals surface area contributed by atoms with Crippen molar-refractivity contribution in [3.8, 4) is 0 Å². The van der Waals surface area contributed by atoms with Gasteiger partial charge in [-0.05, 0) is 57.3 Å². The van der Waals surface area contributed by atoms with Crippen LogP contribution in [-0.4, -0.2) is 9.97 Å². The van der Waals surface area contributed by atoms with Crippen LogP contribution in [0.1, 0.15) is 50.6 Å². The molecule has 3 rings (SSSR count). The first kappa shape index (κ1) is 10.1. The summed E-state index contributed by atoms with van der Waals surface area (Å²) < 4.78 is 0. The minimum atomic E-state index is 0.859. The topological polar surface area (TPSA) is 28.7 Å². The predicted octanol–water partition coefficient (Wildman–Crippen LogP) is 3.62. The normalized spacial score (nSPS) is 25.6. The van der Waals surface area contributed by atoms with E-state index < -0.39 is 0 Å². The second-order valence-electron chi connectivity index (χ2n) is 5.30. The van der Waals surface area contributed by atoms with Gasteiger partial charge in [0.1, 0.15) is 0 Å². The molecule has 1 atom stereocenters. The fourth-order valence-electron chi connectivity index (χ4n) is 3.29. The maximum atomic E-state index is 4.10. The Morgan fingerprint density at radius 3 is 2.88 bits per heavy atom. The standard InChI is InChI=1S/C14H20N2/c1-2-4-13-7-11(5-6-12(13)3-1)8-14-9-15-10-16-14/h9-11H,1-8H2,(H,15,16)/t11-/m1/s1. The van der Waals surface area contributed by atoms with Crippen LogP contribution in [0.15, 0.2) is 23.7 Å². The Kier molecular flexibility index (Phi) is 2.81. The second-order valence-corrected chi connectivity index (χ2v) is 5.30. The fraction of sp³-hybridized carbons (Fsp3) is 0.643. The number of imidazole rings is 1. The van der Waals surface area contributed by atoms with E-state index in [0.29, 0.717) is 0 Å². The average Bonchev–Trinajstić information content (AvgIpc) is 2.82. The van der Waals surface area contributed by atoms with Gasteiger partial charge in [0.05, 0.1) is 6.33 Å². The van der Waals surface area contributed by atoms with Gasteiger partial charge in [0, 0.05) is 11.9 Å². The van der Waals surface area contributed by atoms with Crippen LogP contribution in [0.5, 0.6) is 0 Å². The number of allylic oxidation sites excluding steroid dienone is 2. The van der Waals surface area contributed by atoms with Crippen molar-refractivity contribution in [2.45, 2.75) is 51.4 Å². The van der Waals surface area contributed by atoms with Crippen molar-refractivity contribution in [2.24, 2.45) is 5.92 Å². The molecule has 0 bridgehead atoms. The summed E-state index contributed by atoms with van der Waals surface area (Å²) in [5.74, 6) is 0.859. The van der Waals surface area contributed by atoms with Crippen LogP contribution in [-0.2, 0) is 6.42 Å². The highest BCUT2D eigenvalue weighted by Gasteiger charge is 2.23. The summed E-state index contributed by atoms with van der Waals surface area (Å²) in [5.41, 5.74) is 4.93. The minimum Gasteiger partial charge on any atom is -0.348 e. The monoisotopic (exact) mass is 216 g/mol. The highest BCUT2D eigenvalue weighted by molar-refractivity contribution is 5.21. The molecule has 0 saturated heterocycles. The lowest BCUT2D eigenvalue weighted by Gasteiger charge is -2.30. The Balaban J connectivity index is 1.66. The van der Waals surface area contributed by atoms with Crippen LogP contribution in [0.4, 0.5) is 0 Å². The number of rotatable bonds is 2. The molecule has 2 aliphatic rings. The van der Waals surface area contributed by atoms with Crippen molar-refractivity contribution >= 4 is 0 Å². The van der Waals surface area contributed by atoms with E-state index in [1.165, 1.54) is 57.1 Å². The number of aromatic amines is 1. The molecule has 1 N–H and O–H groups in total. The molecule has 0 unspecified atom stereocenters. The number of nitrogens with one attached hydrogen (secondary N) is 1. The first-order valence-corrected chi connectivity index (χ1v) is 6.59. The number of H-pyrrole nitrogens is 1. The lowest BCUT2D eigenvalue weighted by Crippen LogP contribution is -2.15. The number of hydrogen-bond donors (Lipinski definition) is 1. The summed E-state index contributed by atoms with van der Waals surface area (Å²) in [6, 6.07) is 0. The van der Waals surface area contributed by atoms with Crippen molar-refractivity contribution in [3.05, 3.63) is 29.4 Å². The molecule has 2 aliphatic carbocycles. The van der Waals surface area contributed by atoms with Gasteiger partial charge in [0.15, 0.2) is 0 Å². The van der Waals surface area contributed by atoms with Crippen LogP contribution in [0.2, 0.25) is 0 Å². The zero-order chi connectivity index (χ0) is 10.8. The first-order chi connectivity index (χ1) is 7.92. The number of nitrogens with zero attached hydrogens (tertiary/aromatic N) is 1. The van der Waals surface area contributed by atoms with E-state index >= 15 is 0 Å². The van der Waals surface area contributed by atoms with E-state index in [2.05, 4.69) is 9.97 Å². The van der Waals surface area contributed by atoms with Gasteiger partial charge in [0.2, 0.25) is 0 Å². The highest BCUT2D eigenvalue weighted by atomic mass is 14.9. The van der Waals surface area contributed by atoms with Gasteiger partial charge in [-0.2, -0.15) is 0 Å². The van der Waals surface area contributed by atoms with E-state index in [4.69, 9.17) is 0 Å². The van der Waals surface area contributed by atoms with Crippen LogP contribution in [0.3, 0.4) is 0 Å². The van der Waals surface area contributed by atoms with E-state index in [9.17, 15) is 0 Å². The summed E-state index contributed by atoms with van der Waals surface area (Å²) in [6.07, 6.45) is 14.7. The van der Waals surface area contributed by atoms with E-state index in [0.717, 1.165) is 5.92 Å². The lowest BCUT2D eigenvalue weighted by atomic mass is 9.76. The van der Waals surface area contributed by atoms with Gasteiger partial charge < -0.3 is 4.98 Å². The summed E-state index contributed by atoms with van der Waals surface area (Å²) >= 11 is 0. The summed E-state index contributed by atoms with van der Waals surface area (Å²) in [7, 11) is 0. The van der Waals surface area contributed by atoms with E-state index in [-0.39, 0.29) is 0 Å². The van der Waals surface area contributed by atoms with Crippen LogP contribution >= 0.6 is 0 Å². The molecule has 0 radical (unpaired) electrons. The molecule has 0 aliphatic heterocycles. The van der Waals surface area contributed by atoms with Crippen molar-refractivity contribution in [1.29, 1.82) is 0 Å². The van der Waals surface area contributed by atoms with Crippen molar-refractivity contribution in [3.63, 3.8) is 0 Å². The number of aromatic nitrogens is 2. The Bertz CT molecular complexity index is 375. The number of hydrogen-bond acceptors (Lipinski definition) is 1. The van der Waals surface area contributed by atoms with Crippen LogP contribution in [0.25, 0.3) is 0 Å². The van der Waals surface area contributed by atoms with E-state index in [1.807, 2.05) is 17.3 Å². The third-order valence-electron chi connectivity index (χ3n) is 4.16. The molecule has 1 heterocycles. The molecule has 2 heteroatoms. The molecular weight excluding hydrogens is 196 g/mol. The fourth-order valence-corrected chi connectivity index (χ4v) is 3.29. The molecule has 0 saturated carbocycles. The Morgan fingerprint density at radius 2 is 2.06 bits per heavy atom. The third kappa shape index (κ3) is 2.06. The summed E-state index contributed by atoms with van der Waals surface area (Å²) in [6.45, 7) is 0. The van der Waals surface area contributed by atoms with Gasteiger partial charge in [-0.15, -0.1) is 0 Å². The molecule has 2 nitrogen and oxygen atoms in total. The SMILES string of the molecule is c1ncc(C[C@@H]2CCC3=C(CCCC3)C2)[nH]1. The van der Waals surface area contributed by atoms with E-state index in [1.54, 1.807) is 6.33 Å². The summed E-state index contributed by atoms with van der Waals surface area (Å²) in [4.78, 5) is 7.33. The third-order valence-corrected chi connectivity index (χ3v) is 4.16. The zero-order valence-electron chi connectivity index (χ0n) is 9.84. The summed E-state index contributed by atoms with van der Waals surface area (Å²) in [5, 5.41) is 0. The average molecular weight is 216 g/mol. The predicted molar refractivity (Wildman–Crippen MR) is 65.1 cm³/mol. The molecule has 16 heavy (non-hydrogen) atoms. The first-order valence-electron chi connectivity index (χ1n) is 6.59. The zero-order valence-corrected chi connectivity index (χ0v) is 9.84. The smallest absolute Gasteiger partial charge is 0.0921 e. The van der Waals surface area contributed by atoms with Crippen LogP contribution < -0.4 is 0 Å². The molecular formula is C14H20N2. The van der Waals surface area contributed by atoms with Crippen molar-refractivity contribution in [2.75, 3.05) is 0 Å².